The van der Waals surface area contributed by atoms with Crippen LogP contribution < -0.4 is 11.3 Å². The molecular weight excluding hydrogens is 238 g/mol. The number of carbonyl (C=O) groups is 2. The molecule has 0 aromatic heterocycles. The van der Waals surface area contributed by atoms with Crippen molar-refractivity contribution in [2.45, 2.75) is 37.9 Å². The quantitative estimate of drug-likeness (QED) is 0.428. The number of hydrogen-bond acceptors (Lipinski definition) is 4. The fourth-order valence-electron chi connectivity index (χ4n) is 1.83. The van der Waals surface area contributed by atoms with Crippen LogP contribution in [0.3, 0.4) is 0 Å². The predicted octanol–water partition coefficient (Wildman–Crippen LogP) is 0.501. The van der Waals surface area contributed by atoms with Gasteiger partial charge in [0.15, 0.2) is 0 Å². The largest absolute Gasteiger partial charge is 0.342 e. The van der Waals surface area contributed by atoms with Gasteiger partial charge >= 0.3 is 0 Å². The zero-order valence-corrected chi connectivity index (χ0v) is 11.1. The number of piperidine rings is 1. The van der Waals surface area contributed by atoms with Crippen molar-refractivity contribution in [3.8, 4) is 0 Å². The molecule has 5 nitrogen and oxygen atoms in total. The molecule has 6 heteroatoms. The second kappa shape index (κ2) is 7.55. The van der Waals surface area contributed by atoms with Gasteiger partial charge in [0.2, 0.25) is 11.8 Å². The molecule has 98 valence electrons. The number of likely N-dealkylation sites (tertiary alicyclic amines) is 1. The minimum Gasteiger partial charge on any atom is -0.342 e. The molecular formula is C11H21N3O2S. The van der Waals surface area contributed by atoms with E-state index in [1.54, 1.807) is 0 Å². The molecule has 0 radical (unpaired) electrons. The van der Waals surface area contributed by atoms with Crippen molar-refractivity contribution in [1.29, 1.82) is 0 Å². The van der Waals surface area contributed by atoms with Gasteiger partial charge in [0.1, 0.15) is 0 Å². The summed E-state index contributed by atoms with van der Waals surface area (Å²) in [5.41, 5.74) is 2.10. The van der Waals surface area contributed by atoms with E-state index in [0.29, 0.717) is 12.2 Å². The second-order valence-corrected chi connectivity index (χ2v) is 5.76. The minimum absolute atomic E-state index is 0.118. The van der Waals surface area contributed by atoms with Crippen molar-refractivity contribution in [3.05, 3.63) is 0 Å². The van der Waals surface area contributed by atoms with Crippen molar-refractivity contribution in [2.24, 2.45) is 5.84 Å². The maximum atomic E-state index is 11.8. The monoisotopic (exact) mass is 259 g/mol. The standard InChI is InChI=1S/C11H21N3O2S/c1-9(7-10(15)13-12)17-8-11(16)14-5-3-2-4-6-14/h9H,2-8,12H2,1H3,(H,13,15). The van der Waals surface area contributed by atoms with E-state index in [2.05, 4.69) is 5.43 Å². The fourth-order valence-corrected chi connectivity index (χ4v) is 2.71. The van der Waals surface area contributed by atoms with E-state index in [9.17, 15) is 9.59 Å². The molecule has 0 bridgehead atoms. The van der Waals surface area contributed by atoms with Gasteiger partial charge < -0.3 is 4.90 Å². The summed E-state index contributed by atoms with van der Waals surface area (Å²) in [5, 5.41) is 0.118. The van der Waals surface area contributed by atoms with E-state index >= 15 is 0 Å². The predicted molar refractivity (Wildman–Crippen MR) is 69.3 cm³/mol. The maximum absolute atomic E-state index is 11.8. The molecule has 1 heterocycles. The highest BCUT2D eigenvalue weighted by Gasteiger charge is 2.17. The minimum atomic E-state index is -0.185. The van der Waals surface area contributed by atoms with E-state index in [1.165, 1.54) is 18.2 Å². The highest BCUT2D eigenvalue weighted by molar-refractivity contribution is 8.00. The molecule has 1 rings (SSSR count). The number of nitrogens with one attached hydrogen (secondary N) is 1. The van der Waals surface area contributed by atoms with Crippen LogP contribution in [0.25, 0.3) is 0 Å². The first-order valence-corrected chi connectivity index (χ1v) is 7.07. The average molecular weight is 259 g/mol. The van der Waals surface area contributed by atoms with Gasteiger partial charge in [0.05, 0.1) is 5.75 Å². The van der Waals surface area contributed by atoms with Crippen LogP contribution in [0.15, 0.2) is 0 Å². The van der Waals surface area contributed by atoms with Crippen LogP contribution in [-0.2, 0) is 9.59 Å². The molecule has 3 N–H and O–H groups in total. The zero-order chi connectivity index (χ0) is 12.7. The molecule has 1 unspecified atom stereocenters. The van der Waals surface area contributed by atoms with Crippen LogP contribution >= 0.6 is 11.8 Å². The van der Waals surface area contributed by atoms with E-state index < -0.39 is 0 Å². The molecule has 1 aliphatic rings. The Labute approximate surface area is 106 Å². The third-order valence-corrected chi connectivity index (χ3v) is 3.98. The number of rotatable bonds is 5. The Morgan fingerprint density at radius 3 is 2.59 bits per heavy atom. The van der Waals surface area contributed by atoms with Crippen LogP contribution in [0.1, 0.15) is 32.6 Å². The summed E-state index contributed by atoms with van der Waals surface area (Å²) in [6, 6.07) is 0. The Morgan fingerprint density at radius 2 is 2.00 bits per heavy atom. The van der Waals surface area contributed by atoms with E-state index in [0.717, 1.165) is 25.9 Å². The topological polar surface area (TPSA) is 75.4 Å². The van der Waals surface area contributed by atoms with Crippen molar-refractivity contribution in [2.75, 3.05) is 18.8 Å². The van der Waals surface area contributed by atoms with Gasteiger partial charge in [-0.2, -0.15) is 0 Å². The van der Waals surface area contributed by atoms with Crippen molar-refractivity contribution < 1.29 is 9.59 Å². The molecule has 1 aliphatic heterocycles. The molecule has 0 aromatic rings. The number of carbonyl (C=O) groups excluding carboxylic acids is 2. The van der Waals surface area contributed by atoms with Gasteiger partial charge in [-0.05, 0) is 19.3 Å². The number of nitrogens with zero attached hydrogens (tertiary/aromatic N) is 1. The zero-order valence-electron chi connectivity index (χ0n) is 10.3. The molecule has 1 saturated heterocycles. The average Bonchev–Trinajstić information content (AvgIpc) is 2.36. The van der Waals surface area contributed by atoms with Gasteiger partial charge in [0.25, 0.3) is 0 Å². The summed E-state index contributed by atoms with van der Waals surface area (Å²) in [5.74, 6) is 5.47. The Bertz CT molecular complexity index is 267. The molecule has 0 saturated carbocycles. The number of amides is 2. The number of nitrogens with two attached hydrogens (primary N) is 1. The lowest BCUT2D eigenvalue weighted by molar-refractivity contribution is -0.129. The second-order valence-electron chi connectivity index (χ2n) is 4.33. The SMILES string of the molecule is CC(CC(=O)NN)SCC(=O)N1CCCCC1. The highest BCUT2D eigenvalue weighted by Crippen LogP contribution is 2.16. The van der Waals surface area contributed by atoms with Crippen LogP contribution in [-0.4, -0.2) is 40.8 Å². The third kappa shape index (κ3) is 5.41. The molecule has 1 atom stereocenters. The lowest BCUT2D eigenvalue weighted by Gasteiger charge is -2.27. The van der Waals surface area contributed by atoms with E-state index in [-0.39, 0.29) is 17.1 Å². The Morgan fingerprint density at radius 1 is 1.35 bits per heavy atom. The Balaban J connectivity index is 2.20. The lowest BCUT2D eigenvalue weighted by atomic mass is 10.1. The summed E-state index contributed by atoms with van der Waals surface area (Å²) in [4.78, 5) is 24.8. The number of hydrazine groups is 1. The summed E-state index contributed by atoms with van der Waals surface area (Å²) in [6.45, 7) is 3.71. The van der Waals surface area contributed by atoms with Gasteiger partial charge in [-0.1, -0.05) is 6.92 Å². The van der Waals surface area contributed by atoms with Gasteiger partial charge in [-0.15, -0.1) is 11.8 Å². The van der Waals surface area contributed by atoms with Crippen molar-refractivity contribution in [3.63, 3.8) is 0 Å². The van der Waals surface area contributed by atoms with E-state index in [1.807, 2.05) is 11.8 Å². The molecule has 0 aromatic carbocycles. The number of hydrogen-bond donors (Lipinski definition) is 2. The van der Waals surface area contributed by atoms with Gasteiger partial charge in [0, 0.05) is 24.8 Å². The summed E-state index contributed by atoms with van der Waals surface area (Å²) >= 11 is 1.51. The third-order valence-electron chi connectivity index (χ3n) is 2.83. The highest BCUT2D eigenvalue weighted by atomic mass is 32.2. The van der Waals surface area contributed by atoms with Crippen molar-refractivity contribution >= 4 is 23.6 Å². The molecule has 0 aliphatic carbocycles. The Hall–Kier alpha value is -0.750. The number of thioether (sulfide) groups is 1. The van der Waals surface area contributed by atoms with E-state index in [4.69, 9.17) is 5.84 Å². The first-order valence-electron chi connectivity index (χ1n) is 6.02. The molecule has 0 spiro atoms. The van der Waals surface area contributed by atoms with Crippen LogP contribution in [0.5, 0.6) is 0 Å². The first-order chi connectivity index (χ1) is 8.13. The normalized spacial score (nSPS) is 17.6. The van der Waals surface area contributed by atoms with Gasteiger partial charge in [-0.25, -0.2) is 5.84 Å². The summed E-state index contributed by atoms with van der Waals surface area (Å²) < 4.78 is 0. The first kappa shape index (κ1) is 14.3. The van der Waals surface area contributed by atoms with Crippen LogP contribution in [0.2, 0.25) is 0 Å². The summed E-state index contributed by atoms with van der Waals surface area (Å²) in [6.07, 6.45) is 3.81. The van der Waals surface area contributed by atoms with Crippen LogP contribution in [0, 0.1) is 0 Å². The molecule has 1 fully saturated rings. The van der Waals surface area contributed by atoms with Crippen molar-refractivity contribution in [1.82, 2.24) is 10.3 Å². The molecule has 17 heavy (non-hydrogen) atoms. The smallest absolute Gasteiger partial charge is 0.234 e. The van der Waals surface area contributed by atoms with Crippen LogP contribution in [0.4, 0.5) is 0 Å². The fraction of sp³-hybridized carbons (Fsp3) is 0.818. The lowest BCUT2D eigenvalue weighted by Crippen LogP contribution is -2.37. The Kier molecular flexibility index (Phi) is 6.36. The molecule has 2 amide bonds. The maximum Gasteiger partial charge on any atom is 0.234 e. The summed E-state index contributed by atoms with van der Waals surface area (Å²) in [7, 11) is 0. The van der Waals surface area contributed by atoms with Gasteiger partial charge in [-0.3, -0.25) is 15.0 Å².